The van der Waals surface area contributed by atoms with Crippen molar-refractivity contribution in [1.29, 1.82) is 0 Å². The first-order valence-corrected chi connectivity index (χ1v) is 5.99. The van der Waals surface area contributed by atoms with E-state index < -0.39 is 5.97 Å². The number of esters is 1. The lowest BCUT2D eigenvalue weighted by Crippen LogP contribution is -2.17. The molecule has 0 aliphatic heterocycles. The molecule has 2 aromatic rings. The third kappa shape index (κ3) is 2.92. The maximum atomic E-state index is 11.9. The molecule has 0 aliphatic carbocycles. The van der Waals surface area contributed by atoms with Crippen LogP contribution in [0.4, 0.5) is 5.82 Å². The number of hydrazine groups is 1. The van der Waals surface area contributed by atoms with Gasteiger partial charge in [0, 0.05) is 6.54 Å². The zero-order valence-electron chi connectivity index (χ0n) is 10.7. The number of nitrogens with two attached hydrogens (primary N) is 1. The quantitative estimate of drug-likeness (QED) is 0.482. The summed E-state index contributed by atoms with van der Waals surface area (Å²) < 4.78 is 6.72. The van der Waals surface area contributed by atoms with Crippen LogP contribution in [-0.2, 0) is 11.3 Å². The van der Waals surface area contributed by atoms with Crippen molar-refractivity contribution in [1.82, 2.24) is 9.55 Å². The van der Waals surface area contributed by atoms with Crippen LogP contribution in [0.2, 0.25) is 0 Å². The number of carbonyl (C=O) groups is 1. The van der Waals surface area contributed by atoms with Gasteiger partial charge in [0.15, 0.2) is 11.5 Å². The molecule has 1 aromatic heterocycles. The number of benzene rings is 1. The Labute approximate surface area is 111 Å². The van der Waals surface area contributed by atoms with Gasteiger partial charge in [-0.3, -0.25) is 0 Å². The van der Waals surface area contributed by atoms with Crippen molar-refractivity contribution in [3.8, 4) is 0 Å². The van der Waals surface area contributed by atoms with E-state index in [1.54, 1.807) is 17.8 Å². The summed E-state index contributed by atoms with van der Waals surface area (Å²) in [6.07, 6.45) is 1.56. The number of anilines is 1. The molecule has 0 spiro atoms. The highest BCUT2D eigenvalue weighted by Crippen LogP contribution is 2.15. The van der Waals surface area contributed by atoms with Gasteiger partial charge >= 0.3 is 5.97 Å². The fraction of sp³-hybridized carbons (Fsp3) is 0.231. The lowest BCUT2D eigenvalue weighted by atomic mass is 10.2. The van der Waals surface area contributed by atoms with Gasteiger partial charge < -0.3 is 14.7 Å². The van der Waals surface area contributed by atoms with E-state index in [1.807, 2.05) is 30.3 Å². The molecular weight excluding hydrogens is 244 g/mol. The van der Waals surface area contributed by atoms with Crippen molar-refractivity contribution in [2.75, 3.05) is 12.0 Å². The monoisotopic (exact) mass is 260 g/mol. The van der Waals surface area contributed by atoms with E-state index >= 15 is 0 Å². The van der Waals surface area contributed by atoms with Crippen molar-refractivity contribution < 1.29 is 9.53 Å². The molecule has 1 heterocycles. The van der Waals surface area contributed by atoms with Crippen molar-refractivity contribution in [2.45, 2.75) is 13.5 Å². The Hall–Kier alpha value is -2.34. The van der Waals surface area contributed by atoms with Crippen LogP contribution in [0.3, 0.4) is 0 Å². The summed E-state index contributed by atoms with van der Waals surface area (Å²) in [5.74, 6) is 5.23. The third-order valence-electron chi connectivity index (χ3n) is 2.64. The number of nitrogens with one attached hydrogen (secondary N) is 1. The molecule has 3 N–H and O–H groups in total. The summed E-state index contributed by atoms with van der Waals surface area (Å²) in [4.78, 5) is 16.0. The average molecular weight is 260 g/mol. The third-order valence-corrected chi connectivity index (χ3v) is 2.64. The van der Waals surface area contributed by atoms with Crippen LogP contribution in [0.25, 0.3) is 0 Å². The van der Waals surface area contributed by atoms with Crippen molar-refractivity contribution in [3.63, 3.8) is 0 Å². The van der Waals surface area contributed by atoms with Crippen LogP contribution in [0.5, 0.6) is 0 Å². The Morgan fingerprint density at radius 3 is 2.79 bits per heavy atom. The van der Waals surface area contributed by atoms with E-state index in [4.69, 9.17) is 10.6 Å². The first-order chi connectivity index (χ1) is 9.26. The molecule has 0 radical (unpaired) electrons. The molecule has 0 saturated carbocycles. The fourth-order valence-electron chi connectivity index (χ4n) is 1.80. The van der Waals surface area contributed by atoms with Crippen LogP contribution >= 0.6 is 0 Å². The van der Waals surface area contributed by atoms with Gasteiger partial charge in [0.05, 0.1) is 12.9 Å². The van der Waals surface area contributed by atoms with E-state index in [1.165, 1.54) is 0 Å². The van der Waals surface area contributed by atoms with E-state index in [0.717, 1.165) is 5.56 Å². The second-order valence-electron chi connectivity index (χ2n) is 3.92. The maximum Gasteiger partial charge on any atom is 0.358 e. The Bertz CT molecular complexity index is 551. The summed E-state index contributed by atoms with van der Waals surface area (Å²) >= 11 is 0. The summed E-state index contributed by atoms with van der Waals surface area (Å²) in [6.45, 7) is 2.59. The second kappa shape index (κ2) is 6.01. The standard InChI is InChI=1S/C13H16N4O2/c1-2-19-13(18)11-12(16-14)15-9-17(11)8-10-6-4-3-5-7-10/h3-7,9,16H,2,8,14H2,1H3. The molecule has 0 atom stereocenters. The summed E-state index contributed by atoms with van der Waals surface area (Å²) in [6, 6.07) is 9.78. The molecule has 6 nitrogen and oxygen atoms in total. The van der Waals surface area contributed by atoms with Crippen molar-refractivity contribution >= 4 is 11.8 Å². The predicted molar refractivity (Wildman–Crippen MR) is 71.5 cm³/mol. The highest BCUT2D eigenvalue weighted by atomic mass is 16.5. The van der Waals surface area contributed by atoms with Gasteiger partial charge in [-0.1, -0.05) is 30.3 Å². The molecule has 0 fully saturated rings. The van der Waals surface area contributed by atoms with Crippen LogP contribution in [0, 0.1) is 0 Å². The number of ether oxygens (including phenoxy) is 1. The molecule has 0 bridgehead atoms. The minimum absolute atomic E-state index is 0.305. The van der Waals surface area contributed by atoms with Crippen LogP contribution in [-0.4, -0.2) is 22.1 Å². The van der Waals surface area contributed by atoms with E-state index in [0.29, 0.717) is 24.7 Å². The molecule has 1 aromatic carbocycles. The van der Waals surface area contributed by atoms with Crippen LogP contribution in [0.15, 0.2) is 36.7 Å². The molecule has 6 heteroatoms. The summed E-state index contributed by atoms with van der Waals surface area (Å²) in [5.41, 5.74) is 3.80. The number of nitrogen functional groups attached to an aromatic ring is 1. The zero-order chi connectivity index (χ0) is 13.7. The molecule has 0 unspecified atom stereocenters. The molecule has 0 saturated heterocycles. The number of hydrogen-bond donors (Lipinski definition) is 2. The number of imidazole rings is 1. The van der Waals surface area contributed by atoms with Crippen molar-refractivity contribution in [2.24, 2.45) is 5.84 Å². The average Bonchev–Trinajstić information content (AvgIpc) is 2.83. The minimum atomic E-state index is -0.441. The molecule has 100 valence electrons. The maximum absolute atomic E-state index is 11.9. The molecule has 19 heavy (non-hydrogen) atoms. The lowest BCUT2D eigenvalue weighted by Gasteiger charge is -2.09. The zero-order valence-corrected chi connectivity index (χ0v) is 10.7. The van der Waals surface area contributed by atoms with E-state index in [-0.39, 0.29) is 0 Å². The Balaban J connectivity index is 2.30. The van der Waals surface area contributed by atoms with Gasteiger partial charge in [0.2, 0.25) is 0 Å². The number of nitrogens with zero attached hydrogens (tertiary/aromatic N) is 2. The van der Waals surface area contributed by atoms with E-state index in [9.17, 15) is 4.79 Å². The predicted octanol–water partition coefficient (Wildman–Crippen LogP) is 1.39. The number of hydrogen-bond acceptors (Lipinski definition) is 5. The van der Waals surface area contributed by atoms with E-state index in [2.05, 4.69) is 10.4 Å². The molecule has 0 aliphatic rings. The summed E-state index contributed by atoms with van der Waals surface area (Å²) in [7, 11) is 0. The van der Waals surface area contributed by atoms with Gasteiger partial charge in [-0.2, -0.15) is 0 Å². The Kier molecular flexibility index (Phi) is 4.15. The van der Waals surface area contributed by atoms with Gasteiger partial charge in [0.1, 0.15) is 0 Å². The Morgan fingerprint density at radius 2 is 2.16 bits per heavy atom. The van der Waals surface area contributed by atoms with Crippen LogP contribution in [0.1, 0.15) is 23.0 Å². The lowest BCUT2D eigenvalue weighted by molar-refractivity contribution is 0.0515. The van der Waals surface area contributed by atoms with Gasteiger partial charge in [-0.25, -0.2) is 15.6 Å². The van der Waals surface area contributed by atoms with Crippen LogP contribution < -0.4 is 11.3 Å². The topological polar surface area (TPSA) is 82.2 Å². The fourth-order valence-corrected chi connectivity index (χ4v) is 1.80. The first kappa shape index (κ1) is 13.1. The second-order valence-corrected chi connectivity index (χ2v) is 3.92. The summed E-state index contributed by atoms with van der Waals surface area (Å²) in [5, 5.41) is 0. The smallest absolute Gasteiger partial charge is 0.358 e. The van der Waals surface area contributed by atoms with Gasteiger partial charge in [-0.05, 0) is 12.5 Å². The van der Waals surface area contributed by atoms with Gasteiger partial charge in [0.25, 0.3) is 0 Å². The molecule has 0 amide bonds. The normalized spacial score (nSPS) is 10.2. The largest absolute Gasteiger partial charge is 0.461 e. The number of rotatable bonds is 5. The molecule has 2 rings (SSSR count). The first-order valence-electron chi connectivity index (χ1n) is 5.99. The van der Waals surface area contributed by atoms with Crippen molar-refractivity contribution in [3.05, 3.63) is 47.9 Å². The Morgan fingerprint density at radius 1 is 1.42 bits per heavy atom. The highest BCUT2D eigenvalue weighted by molar-refractivity contribution is 5.92. The highest BCUT2D eigenvalue weighted by Gasteiger charge is 2.19. The SMILES string of the molecule is CCOC(=O)c1c(NN)ncn1Cc1ccccc1. The molecular formula is C13H16N4O2. The minimum Gasteiger partial charge on any atom is -0.461 e. The number of aromatic nitrogens is 2. The van der Waals surface area contributed by atoms with Gasteiger partial charge in [-0.15, -0.1) is 0 Å². The number of carbonyl (C=O) groups excluding carboxylic acids is 1.